The van der Waals surface area contributed by atoms with Crippen molar-refractivity contribution < 1.29 is 0 Å². The van der Waals surface area contributed by atoms with Gasteiger partial charge in [0.2, 0.25) is 0 Å². The van der Waals surface area contributed by atoms with Gasteiger partial charge >= 0.3 is 0 Å². The Balaban J connectivity index is 2.43. The van der Waals surface area contributed by atoms with E-state index < -0.39 is 0 Å². The maximum atomic E-state index is 9.55. The highest BCUT2D eigenvalue weighted by Crippen LogP contribution is 2.50. The largest absolute Gasteiger partial charge is 0.306 e. The van der Waals surface area contributed by atoms with Crippen LogP contribution >= 0.6 is 11.8 Å². The fourth-order valence-corrected chi connectivity index (χ4v) is 3.91. The molecule has 1 heterocycles. The van der Waals surface area contributed by atoms with Crippen LogP contribution in [0.2, 0.25) is 0 Å². The second-order valence-corrected chi connectivity index (χ2v) is 6.63. The number of anilines is 2. The van der Waals surface area contributed by atoms with Gasteiger partial charge in [-0.2, -0.15) is 21.0 Å². The topological polar surface area (TPSA) is 98.4 Å². The first kappa shape index (κ1) is 17.8. The predicted molar refractivity (Wildman–Crippen MR) is 101 cm³/mol. The van der Waals surface area contributed by atoms with Gasteiger partial charge in [0, 0.05) is 15.4 Å². The maximum Gasteiger partial charge on any atom is 0.153 e. The van der Waals surface area contributed by atoms with Crippen molar-refractivity contribution in [3.05, 3.63) is 70.9 Å². The molecule has 0 saturated carbocycles. The molecule has 5 nitrogen and oxygen atoms in total. The Kier molecular flexibility index (Phi) is 4.96. The van der Waals surface area contributed by atoms with E-state index in [0.717, 1.165) is 21.2 Å². The SMILES string of the molecule is CC(=C(C#N)C#N)C(=C(C#N)C#N)N1c2ccccc2Sc2ccccc21. The van der Waals surface area contributed by atoms with E-state index in [-0.39, 0.29) is 22.4 Å². The molecule has 0 radical (unpaired) electrons. The van der Waals surface area contributed by atoms with Crippen molar-refractivity contribution in [2.45, 2.75) is 16.7 Å². The van der Waals surface area contributed by atoms with Gasteiger partial charge in [0.1, 0.15) is 29.8 Å². The minimum atomic E-state index is -0.160. The molecule has 0 aromatic heterocycles. The molecule has 0 amide bonds. The van der Waals surface area contributed by atoms with Crippen molar-refractivity contribution in [2.24, 2.45) is 0 Å². The highest BCUT2D eigenvalue weighted by atomic mass is 32.2. The standard InChI is InChI=1S/C21H11N5S/c1-14(15(10-22)11-23)21(16(12-24)13-25)26-17-6-2-4-8-19(17)27-20-9-5-3-7-18(20)26/h2-9H,1H3. The first-order valence-corrected chi connectivity index (χ1v) is 8.69. The second-order valence-electron chi connectivity index (χ2n) is 5.54. The first-order valence-electron chi connectivity index (χ1n) is 7.88. The zero-order valence-electron chi connectivity index (χ0n) is 14.3. The summed E-state index contributed by atoms with van der Waals surface area (Å²) in [6, 6.07) is 22.8. The summed E-state index contributed by atoms with van der Waals surface area (Å²) in [5.74, 6) is 0. The third kappa shape index (κ3) is 3.03. The van der Waals surface area contributed by atoms with E-state index in [1.165, 1.54) is 0 Å². The normalized spacial score (nSPS) is 10.8. The van der Waals surface area contributed by atoms with Gasteiger partial charge < -0.3 is 4.90 Å². The fraction of sp³-hybridized carbons (Fsp3) is 0.0476. The van der Waals surface area contributed by atoms with Gasteiger partial charge in [-0.15, -0.1) is 0 Å². The molecule has 0 spiro atoms. The lowest BCUT2D eigenvalue weighted by Crippen LogP contribution is -2.23. The van der Waals surface area contributed by atoms with Crippen molar-refractivity contribution in [2.75, 3.05) is 4.90 Å². The number of hydrogen-bond donors (Lipinski definition) is 0. The molecule has 3 rings (SSSR count). The van der Waals surface area contributed by atoms with E-state index >= 15 is 0 Å². The number of benzene rings is 2. The van der Waals surface area contributed by atoms with E-state index in [9.17, 15) is 21.0 Å². The van der Waals surface area contributed by atoms with Crippen LogP contribution in [0, 0.1) is 45.3 Å². The highest BCUT2D eigenvalue weighted by molar-refractivity contribution is 7.99. The Hall–Kier alpha value is -3.97. The lowest BCUT2D eigenvalue weighted by atomic mass is 10.0. The molecule has 6 heteroatoms. The van der Waals surface area contributed by atoms with E-state index in [4.69, 9.17) is 0 Å². The summed E-state index contributed by atoms with van der Waals surface area (Å²) in [5, 5.41) is 37.7. The zero-order chi connectivity index (χ0) is 19.4. The Bertz CT molecular complexity index is 1090. The molecule has 2 aromatic carbocycles. The van der Waals surface area contributed by atoms with Crippen LogP contribution in [0.25, 0.3) is 0 Å². The predicted octanol–water partition coefficient (Wildman–Crippen LogP) is 4.95. The van der Waals surface area contributed by atoms with Gasteiger partial charge in [-0.05, 0) is 31.2 Å². The summed E-state index contributed by atoms with van der Waals surface area (Å²) in [6.07, 6.45) is 0. The van der Waals surface area contributed by atoms with Crippen LogP contribution in [-0.4, -0.2) is 0 Å². The van der Waals surface area contributed by atoms with Crippen LogP contribution in [0.4, 0.5) is 11.4 Å². The smallest absolute Gasteiger partial charge is 0.153 e. The minimum absolute atomic E-state index is 0.138. The molecule has 2 aromatic rings. The second kappa shape index (κ2) is 7.51. The van der Waals surface area contributed by atoms with Crippen LogP contribution < -0.4 is 4.90 Å². The third-order valence-corrected chi connectivity index (χ3v) is 5.20. The van der Waals surface area contributed by atoms with Crippen molar-refractivity contribution in [3.63, 3.8) is 0 Å². The highest BCUT2D eigenvalue weighted by Gasteiger charge is 2.29. The summed E-state index contributed by atoms with van der Waals surface area (Å²) in [5.41, 5.74) is 1.81. The van der Waals surface area contributed by atoms with Crippen molar-refractivity contribution in [1.29, 1.82) is 21.0 Å². The van der Waals surface area contributed by atoms with E-state index in [1.807, 2.05) is 72.8 Å². The number of fused-ring (bicyclic) bond motifs is 2. The molecular formula is C21H11N5S. The molecule has 27 heavy (non-hydrogen) atoms. The number of hydrogen-bond acceptors (Lipinski definition) is 6. The lowest BCUT2D eigenvalue weighted by Gasteiger charge is -2.34. The van der Waals surface area contributed by atoms with E-state index in [1.54, 1.807) is 23.6 Å². The summed E-state index contributed by atoms with van der Waals surface area (Å²) in [7, 11) is 0. The molecule has 0 aliphatic carbocycles. The number of para-hydroxylation sites is 2. The lowest BCUT2D eigenvalue weighted by molar-refractivity contribution is 1.07. The zero-order valence-corrected chi connectivity index (χ0v) is 15.1. The molecule has 0 bridgehead atoms. The molecule has 0 unspecified atom stereocenters. The monoisotopic (exact) mass is 365 g/mol. The Labute approximate surface area is 161 Å². The Morgan fingerprint density at radius 2 is 1.19 bits per heavy atom. The van der Waals surface area contributed by atoms with Gasteiger partial charge in [0.25, 0.3) is 0 Å². The van der Waals surface area contributed by atoms with Gasteiger partial charge in [0.15, 0.2) is 5.57 Å². The van der Waals surface area contributed by atoms with Crippen molar-refractivity contribution >= 4 is 23.1 Å². The van der Waals surface area contributed by atoms with Crippen LogP contribution in [-0.2, 0) is 0 Å². The Morgan fingerprint density at radius 3 is 1.63 bits per heavy atom. The molecular weight excluding hydrogens is 354 g/mol. The fourth-order valence-electron chi connectivity index (χ4n) is 2.85. The summed E-state index contributed by atoms with van der Waals surface area (Å²) in [6.45, 7) is 1.58. The first-order chi connectivity index (χ1) is 13.2. The number of nitriles is 4. The molecule has 0 saturated heterocycles. The van der Waals surface area contributed by atoms with Crippen molar-refractivity contribution in [1.82, 2.24) is 0 Å². The average Bonchev–Trinajstić information content (AvgIpc) is 2.71. The number of rotatable bonds is 2. The average molecular weight is 365 g/mol. The summed E-state index contributed by atoms with van der Waals surface area (Å²) < 4.78 is 0. The van der Waals surface area contributed by atoms with E-state index in [0.29, 0.717) is 0 Å². The molecule has 0 atom stereocenters. The molecule has 0 N–H and O–H groups in total. The maximum absolute atomic E-state index is 9.55. The Morgan fingerprint density at radius 1 is 0.741 bits per heavy atom. The van der Waals surface area contributed by atoms with Crippen LogP contribution in [0.5, 0.6) is 0 Å². The minimum Gasteiger partial charge on any atom is -0.306 e. The number of allylic oxidation sites excluding steroid dienone is 3. The number of nitrogens with zero attached hydrogens (tertiary/aromatic N) is 5. The van der Waals surface area contributed by atoms with Crippen molar-refractivity contribution in [3.8, 4) is 24.3 Å². The molecule has 1 aliphatic heterocycles. The van der Waals surface area contributed by atoms with Gasteiger partial charge in [0.05, 0.1) is 17.1 Å². The van der Waals surface area contributed by atoms with E-state index in [2.05, 4.69) is 0 Å². The third-order valence-electron chi connectivity index (χ3n) is 4.07. The summed E-state index contributed by atoms with van der Waals surface area (Å²) in [4.78, 5) is 3.69. The van der Waals surface area contributed by atoms with Gasteiger partial charge in [-0.3, -0.25) is 0 Å². The summed E-state index contributed by atoms with van der Waals surface area (Å²) >= 11 is 1.59. The van der Waals surface area contributed by atoms with Gasteiger partial charge in [-0.25, -0.2) is 0 Å². The quantitative estimate of drug-likeness (QED) is 0.551. The van der Waals surface area contributed by atoms with Crippen LogP contribution in [0.3, 0.4) is 0 Å². The molecule has 1 aliphatic rings. The van der Waals surface area contributed by atoms with Crippen LogP contribution in [0.1, 0.15) is 6.92 Å². The molecule has 126 valence electrons. The van der Waals surface area contributed by atoms with Crippen LogP contribution in [0.15, 0.2) is 80.7 Å². The molecule has 0 fully saturated rings. The van der Waals surface area contributed by atoms with Gasteiger partial charge in [-0.1, -0.05) is 36.0 Å².